The maximum Gasteiger partial charge on any atom is 0.326 e. The number of carboxylic acids is 3. The lowest BCUT2D eigenvalue weighted by molar-refractivity contribution is -0.143. The van der Waals surface area contributed by atoms with Gasteiger partial charge in [-0.25, -0.2) is 9.79 Å². The van der Waals surface area contributed by atoms with E-state index < -0.39 is 150 Å². The number of nitrogens with zero attached hydrogens (tertiary/aromatic N) is 2. The molecule has 0 unspecified atom stereocenters. The van der Waals surface area contributed by atoms with Crippen molar-refractivity contribution >= 4 is 77.1 Å². The summed E-state index contributed by atoms with van der Waals surface area (Å²) in [7, 11) is 0. The number of nitrogens with two attached hydrogens (primary N) is 5. The standard InChI is InChI=1S/C55H91N15O15/c1-10-30(7)42(49(81)63-35(19-20-40(72)73)45(77)67-39(51(83)84)25-29(5)6)68-48(80)36(24-28(3)4)64-47(79)38(27-41(74)75)65-46(78)37(26-32-15-17-33(71)18-16-32)66-50(82)43(31(8)11-2)69-52(85)55(9,21-13-23-62-54(59)60)70-44(76)34(56)14-12-22-61-53(57)58/h13,15-18,21,28-31,34-39,42-43,71H,10-12,14,19-20,22-27,56H2,1-9H3,(H,63,81)(H,64,79)(H,65,78)(H,66,82)(H,67,77)(H,68,80)(H,69,85)(H,70,76)(H,72,73)(H,74,75)(H,83,84)(H4,57,58,61)(H4,59,60,62)/b21-13+/t30-,31-,34-,35-,36-,37-,38-,39-,42-,43-,55-/m0/s1. The van der Waals surface area contributed by atoms with Crippen LogP contribution in [0, 0.1) is 23.7 Å². The van der Waals surface area contributed by atoms with Gasteiger partial charge in [-0.2, -0.15) is 0 Å². The molecule has 1 aromatic rings. The Morgan fingerprint density at radius 2 is 1.05 bits per heavy atom. The molecule has 30 nitrogen and oxygen atoms in total. The minimum atomic E-state index is -1.93. The average molecular weight is 1200 g/mol. The van der Waals surface area contributed by atoms with Gasteiger partial charge in [-0.05, 0) is 80.4 Å². The molecule has 1 rings (SSSR count). The Bertz CT molecular complexity index is 2540. The first-order valence-electron chi connectivity index (χ1n) is 28.1. The molecule has 0 aliphatic carbocycles. The van der Waals surface area contributed by atoms with Crippen LogP contribution < -0.4 is 71.2 Å². The van der Waals surface area contributed by atoms with Crippen LogP contribution in [-0.2, 0) is 59.2 Å². The van der Waals surface area contributed by atoms with Crippen LogP contribution >= 0.6 is 0 Å². The van der Waals surface area contributed by atoms with Gasteiger partial charge >= 0.3 is 17.9 Å². The van der Waals surface area contributed by atoms with Gasteiger partial charge in [0.25, 0.3) is 0 Å². The third-order valence-electron chi connectivity index (χ3n) is 13.5. The Hall–Kier alpha value is -8.57. The molecule has 11 atom stereocenters. The van der Waals surface area contributed by atoms with E-state index in [1.54, 1.807) is 55.4 Å². The molecule has 0 spiro atoms. The predicted octanol–water partition coefficient (Wildman–Crippen LogP) is -1.98. The van der Waals surface area contributed by atoms with E-state index in [1.807, 2.05) is 0 Å². The highest BCUT2D eigenvalue weighted by Gasteiger charge is 2.40. The molecule has 0 fully saturated rings. The minimum absolute atomic E-state index is 0.0142. The second-order valence-corrected chi connectivity index (χ2v) is 21.9. The molecule has 0 heterocycles. The van der Waals surface area contributed by atoms with Crippen molar-refractivity contribution in [3.63, 3.8) is 0 Å². The lowest BCUT2D eigenvalue weighted by Gasteiger charge is -2.32. The largest absolute Gasteiger partial charge is 0.508 e. The van der Waals surface area contributed by atoms with E-state index in [0.717, 1.165) is 0 Å². The lowest BCUT2D eigenvalue weighted by atomic mass is 9.94. The van der Waals surface area contributed by atoms with E-state index in [4.69, 9.17) is 28.7 Å². The van der Waals surface area contributed by atoms with Crippen LogP contribution in [0.25, 0.3) is 0 Å². The van der Waals surface area contributed by atoms with Crippen LogP contribution in [0.4, 0.5) is 0 Å². The summed E-state index contributed by atoms with van der Waals surface area (Å²) in [5.41, 5.74) is 26.3. The monoisotopic (exact) mass is 1200 g/mol. The van der Waals surface area contributed by atoms with Crippen LogP contribution in [0.1, 0.15) is 126 Å². The molecule has 30 heteroatoms. The molecule has 0 aliphatic heterocycles. The Kier molecular flexibility index (Phi) is 32.3. The molecule has 8 amide bonds. The number of aromatic hydroxyl groups is 1. The van der Waals surface area contributed by atoms with Gasteiger partial charge in [0.05, 0.1) is 19.0 Å². The van der Waals surface area contributed by atoms with Crippen molar-refractivity contribution in [2.24, 2.45) is 62.3 Å². The molecule has 0 aromatic heterocycles. The van der Waals surface area contributed by atoms with Gasteiger partial charge in [0.15, 0.2) is 11.9 Å². The topological polar surface area (TPSA) is 520 Å². The summed E-state index contributed by atoms with van der Waals surface area (Å²) in [4.78, 5) is 157. The maximum atomic E-state index is 14.5. The molecular weight excluding hydrogens is 1110 g/mol. The van der Waals surface area contributed by atoms with Crippen molar-refractivity contribution in [1.82, 2.24) is 42.5 Å². The summed E-state index contributed by atoms with van der Waals surface area (Å²) >= 11 is 0. The van der Waals surface area contributed by atoms with Crippen LogP contribution in [0.15, 0.2) is 46.4 Å². The van der Waals surface area contributed by atoms with Crippen molar-refractivity contribution in [2.75, 3.05) is 13.1 Å². The number of aliphatic carboxylic acids is 3. The van der Waals surface area contributed by atoms with Gasteiger partial charge < -0.3 is 91.6 Å². The molecule has 0 saturated carbocycles. The molecule has 476 valence electrons. The van der Waals surface area contributed by atoms with Crippen LogP contribution in [0.2, 0.25) is 0 Å². The Morgan fingerprint density at radius 3 is 1.55 bits per heavy atom. The lowest BCUT2D eigenvalue weighted by Crippen LogP contribution is -2.64. The SMILES string of the molecule is CC[C@H](C)[C@H](NC(=O)[C@H](CC(C)C)NC(=O)[C@H](CC(=O)O)NC(=O)[C@H](Cc1ccc(O)cc1)NC(=O)[C@@H](NC(=O)[C@](C)(/C=C/CN=C(N)N)NC(=O)[C@@H](N)CCCN=C(N)N)[C@@H](C)CC)C(=O)N[C@@H](CCC(=O)O)C(=O)N[C@@H](CC(C)C)C(=O)O. The Balaban J connectivity index is 3.74. The van der Waals surface area contributed by atoms with Gasteiger partial charge in [0.2, 0.25) is 47.3 Å². The number of nitrogens with one attached hydrogen (secondary N) is 8. The Morgan fingerprint density at radius 1 is 0.576 bits per heavy atom. The third-order valence-corrected chi connectivity index (χ3v) is 13.5. The summed E-state index contributed by atoms with van der Waals surface area (Å²) in [6.07, 6.45) is 1.05. The minimum Gasteiger partial charge on any atom is -0.508 e. The molecule has 0 aliphatic rings. The number of phenols is 1. The molecular formula is C55H91N15O15. The fraction of sp³-hybridized carbons (Fsp3) is 0.618. The van der Waals surface area contributed by atoms with Gasteiger partial charge in [-0.3, -0.25) is 52.9 Å². The van der Waals surface area contributed by atoms with Crippen molar-refractivity contribution < 1.29 is 73.2 Å². The number of hydrogen-bond donors (Lipinski definition) is 17. The fourth-order valence-corrected chi connectivity index (χ4v) is 8.30. The zero-order chi connectivity index (χ0) is 64.9. The van der Waals surface area contributed by atoms with E-state index in [2.05, 4.69) is 52.5 Å². The first kappa shape index (κ1) is 74.4. The highest BCUT2D eigenvalue weighted by Crippen LogP contribution is 2.18. The van der Waals surface area contributed by atoms with Gasteiger partial charge in [-0.15, -0.1) is 0 Å². The van der Waals surface area contributed by atoms with E-state index in [9.17, 15) is 73.2 Å². The van der Waals surface area contributed by atoms with Gasteiger partial charge in [0, 0.05) is 19.4 Å². The normalized spacial score (nSPS) is 15.5. The van der Waals surface area contributed by atoms with E-state index >= 15 is 0 Å². The van der Waals surface area contributed by atoms with Crippen LogP contribution in [-0.4, -0.2) is 164 Å². The second-order valence-electron chi connectivity index (χ2n) is 21.9. The van der Waals surface area contributed by atoms with E-state index in [0.29, 0.717) is 12.0 Å². The molecule has 22 N–H and O–H groups in total. The highest BCUT2D eigenvalue weighted by atomic mass is 16.4. The zero-order valence-corrected chi connectivity index (χ0v) is 49.9. The summed E-state index contributed by atoms with van der Waals surface area (Å²) in [5.74, 6) is -14.5. The number of hydrogen-bond acceptors (Lipinski definition) is 15. The summed E-state index contributed by atoms with van der Waals surface area (Å²) in [6.45, 7) is 14.8. The third kappa shape index (κ3) is 28.0. The first-order chi connectivity index (χ1) is 39.6. The van der Waals surface area contributed by atoms with Gasteiger partial charge in [0.1, 0.15) is 53.6 Å². The molecule has 0 saturated heterocycles. The number of benzene rings is 1. The highest BCUT2D eigenvalue weighted by molar-refractivity contribution is 6.00. The number of aliphatic imine (C=N–C) groups is 2. The molecule has 0 radical (unpaired) electrons. The predicted molar refractivity (Wildman–Crippen MR) is 314 cm³/mol. The number of amides is 8. The van der Waals surface area contributed by atoms with Crippen LogP contribution in [0.5, 0.6) is 5.75 Å². The van der Waals surface area contributed by atoms with Crippen molar-refractivity contribution in [2.45, 2.75) is 180 Å². The van der Waals surface area contributed by atoms with E-state index in [-0.39, 0.29) is 81.1 Å². The summed E-state index contributed by atoms with van der Waals surface area (Å²) in [6, 6.07) is -6.57. The average Bonchev–Trinajstić information content (AvgIpc) is 3.18. The Labute approximate surface area is 494 Å². The molecule has 85 heavy (non-hydrogen) atoms. The molecule has 1 aromatic carbocycles. The number of carbonyl (C=O) groups excluding carboxylic acids is 8. The van der Waals surface area contributed by atoms with Crippen molar-refractivity contribution in [3.8, 4) is 5.75 Å². The maximum absolute atomic E-state index is 14.5. The smallest absolute Gasteiger partial charge is 0.326 e. The quantitative estimate of drug-likeness (QED) is 0.0147. The van der Waals surface area contributed by atoms with E-state index in [1.165, 1.54) is 43.3 Å². The number of rotatable bonds is 39. The number of carboxylic acid groups (broad SMARTS) is 3. The number of carbonyl (C=O) groups is 11. The van der Waals surface area contributed by atoms with Crippen LogP contribution in [0.3, 0.4) is 0 Å². The molecule has 0 bridgehead atoms. The number of phenolic OH excluding ortho intramolecular Hbond substituents is 1. The first-order valence-corrected chi connectivity index (χ1v) is 28.1. The summed E-state index contributed by atoms with van der Waals surface area (Å²) in [5, 5.41) is 59.4. The van der Waals surface area contributed by atoms with Crippen molar-refractivity contribution in [1.29, 1.82) is 0 Å². The second kappa shape index (κ2) is 36.9. The van der Waals surface area contributed by atoms with Gasteiger partial charge in [-0.1, -0.05) is 92.5 Å². The summed E-state index contributed by atoms with van der Waals surface area (Å²) < 4.78 is 0. The van der Waals surface area contributed by atoms with Crippen molar-refractivity contribution in [3.05, 3.63) is 42.0 Å². The zero-order valence-electron chi connectivity index (χ0n) is 49.9. The fourth-order valence-electron chi connectivity index (χ4n) is 8.30. The number of guanidine groups is 2.